The first-order valence-corrected chi connectivity index (χ1v) is 13.8. The number of nitrogens with zero attached hydrogens (tertiary/aromatic N) is 6. The average molecular weight is 739 g/mol. The van der Waals surface area contributed by atoms with Gasteiger partial charge in [0.1, 0.15) is 0 Å². The van der Waals surface area contributed by atoms with Crippen LogP contribution in [0.5, 0.6) is 0 Å². The summed E-state index contributed by atoms with van der Waals surface area (Å²) in [7, 11) is 0. The second kappa shape index (κ2) is 16.3. The molecule has 0 aliphatic heterocycles. The van der Waals surface area contributed by atoms with Gasteiger partial charge in [-0.2, -0.15) is 0 Å². The summed E-state index contributed by atoms with van der Waals surface area (Å²) in [5.41, 5.74) is 12.9. The number of pyridine rings is 6. The van der Waals surface area contributed by atoms with Crippen molar-refractivity contribution in [1.82, 2.24) is 29.9 Å². The van der Waals surface area contributed by atoms with Gasteiger partial charge in [0.2, 0.25) is 0 Å². The Labute approximate surface area is 268 Å². The fourth-order valence-electron chi connectivity index (χ4n) is 4.06. The van der Waals surface area contributed by atoms with E-state index in [1.165, 1.54) is 33.4 Å². The first-order valence-electron chi connectivity index (χ1n) is 13.8. The van der Waals surface area contributed by atoms with Gasteiger partial charge in [0.05, 0.1) is 34.2 Å². The maximum absolute atomic E-state index is 4.29. The van der Waals surface area contributed by atoms with E-state index in [4.69, 9.17) is 0 Å². The minimum atomic E-state index is 0. The summed E-state index contributed by atoms with van der Waals surface area (Å²) in [6.45, 7) is 12.3. The van der Waals surface area contributed by atoms with Crippen LogP contribution in [0.2, 0.25) is 0 Å². The standard InChI is InChI=1S/3C12H12N2.Re/c3*1-9-3-5-13-11(7-9)12-8-10(2)4-6-14-12;/h3*3-8H,1-2H3;. The van der Waals surface area contributed by atoms with E-state index in [0.717, 1.165) is 34.2 Å². The molecule has 0 aromatic carbocycles. The van der Waals surface area contributed by atoms with E-state index in [9.17, 15) is 0 Å². The van der Waals surface area contributed by atoms with Crippen LogP contribution in [-0.4, -0.2) is 29.9 Å². The zero-order valence-electron chi connectivity index (χ0n) is 25.5. The number of aryl methyl sites for hydroxylation is 6. The normalized spacial score (nSPS) is 9.91. The minimum absolute atomic E-state index is 0. The molecule has 0 aliphatic carbocycles. The Balaban J connectivity index is 0.000000175. The average Bonchev–Trinajstić information content (AvgIpc) is 2.98. The van der Waals surface area contributed by atoms with Crippen molar-refractivity contribution in [2.24, 2.45) is 0 Å². The van der Waals surface area contributed by atoms with Gasteiger partial charge in [-0.3, -0.25) is 29.9 Å². The van der Waals surface area contributed by atoms with Crippen LogP contribution in [0.4, 0.5) is 0 Å². The molecule has 6 aromatic heterocycles. The summed E-state index contributed by atoms with van der Waals surface area (Å²) in [5, 5.41) is 0. The van der Waals surface area contributed by atoms with Gasteiger partial charge < -0.3 is 0 Å². The largest absolute Gasteiger partial charge is 0.255 e. The van der Waals surface area contributed by atoms with Crippen LogP contribution in [0.25, 0.3) is 34.2 Å². The van der Waals surface area contributed by atoms with Crippen LogP contribution >= 0.6 is 0 Å². The van der Waals surface area contributed by atoms with Crippen molar-refractivity contribution in [3.63, 3.8) is 0 Å². The van der Waals surface area contributed by atoms with Gasteiger partial charge in [0, 0.05) is 57.6 Å². The Bertz CT molecular complexity index is 1430. The van der Waals surface area contributed by atoms with Crippen LogP contribution < -0.4 is 0 Å². The molecule has 0 bridgehead atoms. The van der Waals surface area contributed by atoms with Crippen LogP contribution in [0.15, 0.2) is 110 Å². The van der Waals surface area contributed by atoms with E-state index in [0.29, 0.717) is 0 Å². The molecule has 1 radical (unpaired) electrons. The van der Waals surface area contributed by atoms with Crippen molar-refractivity contribution < 1.29 is 20.4 Å². The Morgan fingerprint density at radius 2 is 0.419 bits per heavy atom. The first kappa shape index (κ1) is 33.1. The van der Waals surface area contributed by atoms with Crippen molar-refractivity contribution in [2.75, 3.05) is 0 Å². The molecule has 43 heavy (non-hydrogen) atoms. The molecule has 0 saturated carbocycles. The van der Waals surface area contributed by atoms with Crippen molar-refractivity contribution in [3.8, 4) is 34.2 Å². The zero-order chi connectivity index (χ0) is 29.9. The molecule has 0 fully saturated rings. The van der Waals surface area contributed by atoms with E-state index >= 15 is 0 Å². The number of hydrogen-bond acceptors (Lipinski definition) is 6. The molecule has 6 rings (SSSR count). The Morgan fingerprint density at radius 1 is 0.279 bits per heavy atom. The third-order valence-corrected chi connectivity index (χ3v) is 6.28. The van der Waals surface area contributed by atoms with Crippen molar-refractivity contribution >= 4 is 0 Å². The molecule has 0 atom stereocenters. The first-order chi connectivity index (χ1) is 20.3. The summed E-state index contributed by atoms with van der Waals surface area (Å²) in [5.74, 6) is 0. The topological polar surface area (TPSA) is 77.3 Å². The summed E-state index contributed by atoms with van der Waals surface area (Å²) in [6, 6.07) is 24.2. The summed E-state index contributed by atoms with van der Waals surface area (Å²) in [4.78, 5) is 25.7. The van der Waals surface area contributed by atoms with Crippen molar-refractivity contribution in [1.29, 1.82) is 0 Å². The number of aromatic nitrogens is 6. The molecule has 6 nitrogen and oxygen atoms in total. The predicted octanol–water partition coefficient (Wildman–Crippen LogP) is 8.28. The molecule has 0 saturated heterocycles. The van der Waals surface area contributed by atoms with E-state index in [1.54, 1.807) is 0 Å². The summed E-state index contributed by atoms with van der Waals surface area (Å²) in [6.07, 6.45) is 10.9. The number of rotatable bonds is 3. The molecule has 0 aliphatic rings. The van der Waals surface area contributed by atoms with Gasteiger partial charge in [0.15, 0.2) is 0 Å². The fraction of sp³-hybridized carbons (Fsp3) is 0.167. The van der Waals surface area contributed by atoms with Crippen LogP contribution in [0.1, 0.15) is 33.4 Å². The Morgan fingerprint density at radius 3 is 0.535 bits per heavy atom. The predicted molar refractivity (Wildman–Crippen MR) is 171 cm³/mol. The second-order valence-electron chi connectivity index (χ2n) is 10.3. The molecule has 7 heteroatoms. The maximum Gasteiger partial charge on any atom is 0.0888 e. The molecule has 0 N–H and O–H groups in total. The van der Waals surface area contributed by atoms with E-state index in [2.05, 4.69) is 71.4 Å². The Kier molecular flexibility index (Phi) is 12.5. The third kappa shape index (κ3) is 10.4. The van der Waals surface area contributed by atoms with Crippen LogP contribution in [-0.2, 0) is 20.4 Å². The van der Waals surface area contributed by atoms with Gasteiger partial charge in [0.25, 0.3) is 0 Å². The van der Waals surface area contributed by atoms with Gasteiger partial charge in [-0.25, -0.2) is 0 Å². The zero-order valence-corrected chi connectivity index (χ0v) is 28.2. The monoisotopic (exact) mass is 739 g/mol. The second-order valence-corrected chi connectivity index (χ2v) is 10.3. The van der Waals surface area contributed by atoms with E-state index in [1.807, 2.05) is 110 Å². The fourth-order valence-corrected chi connectivity index (χ4v) is 4.06. The quantitative estimate of drug-likeness (QED) is 0.182. The van der Waals surface area contributed by atoms with Gasteiger partial charge in [-0.15, -0.1) is 0 Å². The summed E-state index contributed by atoms with van der Waals surface area (Å²) < 4.78 is 0. The minimum Gasteiger partial charge on any atom is -0.255 e. The summed E-state index contributed by atoms with van der Waals surface area (Å²) >= 11 is 0. The molecular formula is C36H36N6Re. The molecule has 6 heterocycles. The smallest absolute Gasteiger partial charge is 0.0888 e. The molecule has 6 aromatic rings. The van der Waals surface area contributed by atoms with E-state index < -0.39 is 0 Å². The molecule has 0 amide bonds. The van der Waals surface area contributed by atoms with Crippen molar-refractivity contribution in [2.45, 2.75) is 41.5 Å². The molecule has 0 unspecified atom stereocenters. The van der Waals surface area contributed by atoms with Gasteiger partial charge in [-0.1, -0.05) is 0 Å². The third-order valence-electron chi connectivity index (χ3n) is 6.28. The van der Waals surface area contributed by atoms with Crippen LogP contribution in [0.3, 0.4) is 0 Å². The van der Waals surface area contributed by atoms with Gasteiger partial charge in [-0.05, 0) is 148 Å². The van der Waals surface area contributed by atoms with Gasteiger partial charge >= 0.3 is 0 Å². The van der Waals surface area contributed by atoms with Crippen molar-refractivity contribution in [3.05, 3.63) is 143 Å². The molecule has 0 spiro atoms. The number of hydrogen-bond donors (Lipinski definition) is 0. The van der Waals surface area contributed by atoms with E-state index in [-0.39, 0.29) is 20.4 Å². The SMILES string of the molecule is Cc1ccnc(-c2cc(C)ccn2)c1.Cc1ccnc(-c2cc(C)ccn2)c1.Cc1ccnc(-c2cc(C)ccn2)c1.[Re]. The molecular weight excluding hydrogens is 703 g/mol. The Hall–Kier alpha value is -4.44. The van der Waals surface area contributed by atoms with Crippen LogP contribution in [0, 0.1) is 41.5 Å². The molecule has 217 valence electrons. The maximum atomic E-state index is 4.29.